The van der Waals surface area contributed by atoms with Crippen LogP contribution in [0.25, 0.3) is 0 Å². The fourth-order valence-corrected chi connectivity index (χ4v) is 2.77. The fourth-order valence-electron chi connectivity index (χ4n) is 2.33. The smallest absolute Gasteiger partial charge is 0.150 e. The topological polar surface area (TPSA) is 29.1 Å². The summed E-state index contributed by atoms with van der Waals surface area (Å²) in [6.45, 7) is 0.511. The summed E-state index contributed by atoms with van der Waals surface area (Å²) in [6.07, 6.45) is 5.59. The summed E-state index contributed by atoms with van der Waals surface area (Å²) in [4.78, 5) is 11.8. The van der Waals surface area contributed by atoms with Gasteiger partial charge in [0.05, 0.1) is 6.54 Å². The minimum absolute atomic E-state index is 0.273. The van der Waals surface area contributed by atoms with Gasteiger partial charge >= 0.3 is 0 Å². The van der Waals surface area contributed by atoms with E-state index in [1.807, 2.05) is 24.3 Å². The molecule has 2 rings (SSSR count). The Morgan fingerprint density at radius 2 is 2.12 bits per heavy atom. The van der Waals surface area contributed by atoms with Gasteiger partial charge in [-0.2, -0.15) is 0 Å². The molecule has 3 heteroatoms. The third-order valence-corrected chi connectivity index (χ3v) is 3.73. The van der Waals surface area contributed by atoms with Gasteiger partial charge in [0, 0.05) is 16.9 Å². The molecule has 1 aromatic carbocycles. The Kier molecular flexibility index (Phi) is 4.75. The highest BCUT2D eigenvalue weighted by Gasteiger charge is 2.15. The van der Waals surface area contributed by atoms with Crippen LogP contribution >= 0.6 is 15.9 Å². The number of Topliss-reactive ketones (excluding diaryl/α,β-unsaturated/α-hetero) is 1. The number of nitrogens with one attached hydrogen (secondary N) is 1. The van der Waals surface area contributed by atoms with Crippen LogP contribution in [0.2, 0.25) is 0 Å². The Morgan fingerprint density at radius 1 is 1.35 bits per heavy atom. The molecular formula is C14H18BrNO. The van der Waals surface area contributed by atoms with E-state index in [2.05, 4.69) is 21.2 Å². The molecule has 0 bridgehead atoms. The summed E-state index contributed by atoms with van der Waals surface area (Å²) in [5.41, 5.74) is 1.08. The molecule has 92 valence electrons. The van der Waals surface area contributed by atoms with Crippen molar-refractivity contribution in [3.8, 4) is 0 Å². The van der Waals surface area contributed by atoms with Crippen molar-refractivity contribution in [1.29, 1.82) is 0 Å². The van der Waals surface area contributed by atoms with E-state index in [9.17, 15) is 4.79 Å². The maximum absolute atomic E-state index is 11.8. The van der Waals surface area contributed by atoms with Gasteiger partial charge in [0.25, 0.3) is 0 Å². The monoisotopic (exact) mass is 295 g/mol. The van der Waals surface area contributed by atoms with Gasteiger partial charge in [-0.1, -0.05) is 40.9 Å². The number of ketones is 1. The number of hydrogen-bond acceptors (Lipinski definition) is 2. The van der Waals surface area contributed by atoms with Crippen molar-refractivity contribution < 1.29 is 4.79 Å². The van der Waals surface area contributed by atoms with Crippen molar-refractivity contribution in [1.82, 2.24) is 5.32 Å². The molecule has 1 fully saturated rings. The van der Waals surface area contributed by atoms with Gasteiger partial charge in [0.15, 0.2) is 5.78 Å². The highest BCUT2D eigenvalue weighted by molar-refractivity contribution is 9.10. The minimum Gasteiger partial charge on any atom is -0.307 e. The third-order valence-electron chi connectivity index (χ3n) is 3.23. The summed E-state index contributed by atoms with van der Waals surface area (Å²) >= 11 is 3.42. The molecule has 1 aromatic rings. The summed E-state index contributed by atoms with van der Waals surface area (Å²) < 4.78 is 1.03. The van der Waals surface area contributed by atoms with E-state index < -0.39 is 0 Å². The lowest BCUT2D eigenvalue weighted by atomic mass is 10.1. The summed E-state index contributed by atoms with van der Waals surface area (Å²) in [6, 6.07) is 8.52. The maximum atomic E-state index is 11.8. The van der Waals surface area contributed by atoms with Crippen LogP contribution in [0.1, 0.15) is 31.2 Å². The van der Waals surface area contributed by atoms with E-state index in [-0.39, 0.29) is 5.78 Å². The molecule has 2 nitrogen and oxygen atoms in total. The molecule has 0 aromatic heterocycles. The lowest BCUT2D eigenvalue weighted by Gasteiger charge is -2.10. The van der Waals surface area contributed by atoms with E-state index in [0.717, 1.165) is 10.0 Å². The first-order valence-electron chi connectivity index (χ1n) is 6.23. The van der Waals surface area contributed by atoms with Gasteiger partial charge in [-0.05, 0) is 30.5 Å². The molecular weight excluding hydrogens is 278 g/mol. The van der Waals surface area contributed by atoms with Crippen molar-refractivity contribution in [2.75, 3.05) is 6.54 Å². The van der Waals surface area contributed by atoms with Crippen LogP contribution in [0.3, 0.4) is 0 Å². The van der Waals surface area contributed by atoms with Crippen LogP contribution in [-0.4, -0.2) is 18.4 Å². The molecule has 0 aliphatic heterocycles. The van der Waals surface area contributed by atoms with Crippen LogP contribution in [0.4, 0.5) is 0 Å². The van der Waals surface area contributed by atoms with E-state index in [1.54, 1.807) is 0 Å². The van der Waals surface area contributed by atoms with Gasteiger partial charge in [-0.25, -0.2) is 0 Å². The highest BCUT2D eigenvalue weighted by Crippen LogP contribution is 2.17. The molecule has 0 spiro atoms. The molecule has 17 heavy (non-hydrogen) atoms. The molecule has 0 saturated heterocycles. The molecule has 1 aliphatic carbocycles. The fraction of sp³-hybridized carbons (Fsp3) is 0.500. The van der Waals surface area contributed by atoms with Gasteiger partial charge in [0.2, 0.25) is 0 Å². The average molecular weight is 296 g/mol. The first-order valence-corrected chi connectivity index (χ1v) is 7.03. The van der Waals surface area contributed by atoms with Gasteiger partial charge in [-0.3, -0.25) is 4.79 Å². The second-order valence-electron chi connectivity index (χ2n) is 4.71. The number of hydrogen-bond donors (Lipinski definition) is 1. The van der Waals surface area contributed by atoms with Gasteiger partial charge in [-0.15, -0.1) is 0 Å². The molecule has 1 aliphatic rings. The Hall–Kier alpha value is -0.670. The molecule has 0 radical (unpaired) electrons. The Labute approximate surface area is 111 Å². The Bertz CT molecular complexity index is 386. The molecule has 0 unspecified atom stereocenters. The Morgan fingerprint density at radius 3 is 2.82 bits per heavy atom. The third kappa shape index (κ3) is 4.25. The first-order chi connectivity index (χ1) is 8.24. The lowest BCUT2D eigenvalue weighted by Crippen LogP contribution is -2.32. The lowest BCUT2D eigenvalue weighted by molar-refractivity contribution is -0.117. The van der Waals surface area contributed by atoms with Crippen molar-refractivity contribution in [2.45, 2.75) is 38.1 Å². The van der Waals surface area contributed by atoms with E-state index in [0.29, 0.717) is 19.0 Å². The van der Waals surface area contributed by atoms with E-state index >= 15 is 0 Å². The van der Waals surface area contributed by atoms with Crippen LogP contribution < -0.4 is 5.32 Å². The standard InChI is InChI=1S/C14H18BrNO/c15-12-5-3-4-11(8-12)9-14(17)10-16-13-6-1-2-7-13/h3-5,8,13,16H,1-2,6-7,9-10H2. The summed E-state index contributed by atoms with van der Waals surface area (Å²) in [5, 5.41) is 3.35. The van der Waals surface area contributed by atoms with Crippen molar-refractivity contribution in [2.24, 2.45) is 0 Å². The average Bonchev–Trinajstić information content (AvgIpc) is 2.79. The zero-order valence-corrected chi connectivity index (χ0v) is 11.5. The molecule has 0 heterocycles. The zero-order chi connectivity index (χ0) is 12.1. The molecule has 0 atom stereocenters. The number of carbonyl (C=O) groups excluding carboxylic acids is 1. The largest absolute Gasteiger partial charge is 0.307 e. The number of rotatable bonds is 5. The predicted molar refractivity (Wildman–Crippen MR) is 73.1 cm³/mol. The summed E-state index contributed by atoms with van der Waals surface area (Å²) in [5.74, 6) is 0.273. The molecule has 0 amide bonds. The van der Waals surface area contributed by atoms with Crippen molar-refractivity contribution >= 4 is 21.7 Å². The number of carbonyl (C=O) groups is 1. The second-order valence-corrected chi connectivity index (χ2v) is 5.62. The molecule has 1 N–H and O–H groups in total. The normalized spacial score (nSPS) is 16.3. The van der Waals surface area contributed by atoms with Gasteiger partial charge < -0.3 is 5.32 Å². The van der Waals surface area contributed by atoms with Crippen LogP contribution in [-0.2, 0) is 11.2 Å². The quantitative estimate of drug-likeness (QED) is 0.904. The highest BCUT2D eigenvalue weighted by atomic mass is 79.9. The first kappa shape index (κ1) is 12.8. The number of halogens is 1. The van der Waals surface area contributed by atoms with Gasteiger partial charge in [0.1, 0.15) is 0 Å². The predicted octanol–water partition coefficient (Wildman–Crippen LogP) is 3.09. The maximum Gasteiger partial charge on any atom is 0.150 e. The van der Waals surface area contributed by atoms with E-state index in [4.69, 9.17) is 0 Å². The van der Waals surface area contributed by atoms with Crippen LogP contribution in [0.15, 0.2) is 28.7 Å². The zero-order valence-electron chi connectivity index (χ0n) is 9.92. The van der Waals surface area contributed by atoms with Crippen LogP contribution in [0, 0.1) is 0 Å². The number of benzene rings is 1. The molecule has 1 saturated carbocycles. The Balaban J connectivity index is 1.76. The summed E-state index contributed by atoms with van der Waals surface area (Å²) in [7, 11) is 0. The van der Waals surface area contributed by atoms with Crippen molar-refractivity contribution in [3.63, 3.8) is 0 Å². The van der Waals surface area contributed by atoms with E-state index in [1.165, 1.54) is 25.7 Å². The van der Waals surface area contributed by atoms with Crippen molar-refractivity contribution in [3.05, 3.63) is 34.3 Å². The second kappa shape index (κ2) is 6.31. The van der Waals surface area contributed by atoms with Crippen LogP contribution in [0.5, 0.6) is 0 Å². The minimum atomic E-state index is 0.273. The SMILES string of the molecule is O=C(CNC1CCCC1)Cc1cccc(Br)c1.